The van der Waals surface area contributed by atoms with Crippen LogP contribution in [0.2, 0.25) is 5.02 Å². The number of hydrogen-bond donors (Lipinski definition) is 0. The third kappa shape index (κ3) is 3.67. The summed E-state index contributed by atoms with van der Waals surface area (Å²) in [4.78, 5) is 18.2. The van der Waals surface area contributed by atoms with E-state index in [0.717, 1.165) is 0 Å². The van der Waals surface area contributed by atoms with Crippen molar-refractivity contribution in [2.45, 2.75) is 44.6 Å². The molecule has 114 valence electrons. The first kappa shape index (κ1) is 14.6. The Morgan fingerprint density at radius 3 is 2.81 bits per heavy atom. The molecule has 1 aromatic rings. The van der Waals surface area contributed by atoms with Crippen LogP contribution in [0.1, 0.15) is 38.5 Å². The third-order valence-electron chi connectivity index (χ3n) is 4.39. The number of rotatable bonds is 4. The lowest BCUT2D eigenvalue weighted by Gasteiger charge is -2.39. The molecule has 0 atom stereocenters. The first-order valence-electron chi connectivity index (χ1n) is 7.77. The van der Waals surface area contributed by atoms with Crippen LogP contribution in [0.25, 0.3) is 0 Å². The van der Waals surface area contributed by atoms with E-state index in [2.05, 4.69) is 4.98 Å². The molecule has 1 aliphatic carbocycles. The van der Waals surface area contributed by atoms with Gasteiger partial charge in [-0.1, -0.05) is 30.9 Å². The van der Waals surface area contributed by atoms with Gasteiger partial charge >= 0.3 is 0 Å². The second-order valence-electron chi connectivity index (χ2n) is 6.04. The van der Waals surface area contributed by atoms with Gasteiger partial charge in [-0.3, -0.25) is 4.79 Å². The highest BCUT2D eigenvalue weighted by Gasteiger charge is 2.33. The fourth-order valence-corrected chi connectivity index (χ4v) is 3.27. The molecule has 1 amide bonds. The molecule has 0 unspecified atom stereocenters. The second kappa shape index (κ2) is 6.65. The molecular formula is C16H21ClN2O2. The summed E-state index contributed by atoms with van der Waals surface area (Å²) in [6.45, 7) is 1.30. The molecule has 0 radical (unpaired) electrons. The quantitative estimate of drug-likeness (QED) is 0.857. The van der Waals surface area contributed by atoms with Gasteiger partial charge in [0.05, 0.1) is 13.1 Å². The zero-order chi connectivity index (χ0) is 14.7. The van der Waals surface area contributed by atoms with E-state index >= 15 is 0 Å². The second-order valence-corrected chi connectivity index (χ2v) is 6.44. The van der Waals surface area contributed by atoms with Crippen LogP contribution in [0.5, 0.6) is 5.88 Å². The predicted octanol–water partition coefficient (Wildman–Crippen LogP) is 3.30. The zero-order valence-corrected chi connectivity index (χ0v) is 12.9. The maximum atomic E-state index is 12.2. The van der Waals surface area contributed by atoms with Crippen LogP contribution in [0.3, 0.4) is 0 Å². The number of ether oxygens (including phenoxy) is 1. The van der Waals surface area contributed by atoms with Gasteiger partial charge in [-0.2, -0.15) is 0 Å². The van der Waals surface area contributed by atoms with Crippen LogP contribution in [-0.4, -0.2) is 35.0 Å². The summed E-state index contributed by atoms with van der Waals surface area (Å²) in [5, 5.41) is 0.518. The largest absolute Gasteiger partial charge is 0.470 e. The molecule has 1 aliphatic heterocycles. The Morgan fingerprint density at radius 1 is 1.33 bits per heavy atom. The molecular weight excluding hydrogens is 288 g/mol. The fraction of sp³-hybridized carbons (Fsp3) is 0.625. The molecule has 5 heteroatoms. The van der Waals surface area contributed by atoms with E-state index < -0.39 is 0 Å². The van der Waals surface area contributed by atoms with Crippen molar-refractivity contribution < 1.29 is 9.53 Å². The Labute approximate surface area is 130 Å². The van der Waals surface area contributed by atoms with Crippen LogP contribution in [0, 0.1) is 5.92 Å². The van der Waals surface area contributed by atoms with Crippen LogP contribution in [0.4, 0.5) is 0 Å². The standard InChI is InChI=1S/C16H21ClN2O2/c17-14-7-4-8-18-16(14)21-13-10-19(11-13)15(20)9-12-5-2-1-3-6-12/h4,7-8,12-13H,1-3,5-6,9-11H2. The predicted molar refractivity (Wildman–Crippen MR) is 81.4 cm³/mol. The monoisotopic (exact) mass is 308 g/mol. The smallest absolute Gasteiger partial charge is 0.232 e. The van der Waals surface area contributed by atoms with Crippen molar-refractivity contribution in [1.29, 1.82) is 0 Å². The average molecular weight is 309 g/mol. The Kier molecular flexibility index (Phi) is 4.63. The molecule has 0 aromatic carbocycles. The first-order valence-corrected chi connectivity index (χ1v) is 8.15. The average Bonchev–Trinajstić information content (AvgIpc) is 2.45. The van der Waals surface area contributed by atoms with Crippen molar-refractivity contribution in [3.63, 3.8) is 0 Å². The molecule has 0 N–H and O–H groups in total. The van der Waals surface area contributed by atoms with Crippen molar-refractivity contribution in [3.05, 3.63) is 23.4 Å². The van der Waals surface area contributed by atoms with Gasteiger partial charge in [-0.05, 0) is 30.9 Å². The summed E-state index contributed by atoms with van der Waals surface area (Å²) in [6.07, 6.45) is 8.70. The molecule has 1 saturated carbocycles. The van der Waals surface area contributed by atoms with Crippen LogP contribution in [0.15, 0.2) is 18.3 Å². The number of pyridine rings is 1. The fourth-order valence-electron chi connectivity index (χ4n) is 3.10. The highest BCUT2D eigenvalue weighted by Crippen LogP contribution is 2.28. The molecule has 2 fully saturated rings. The van der Waals surface area contributed by atoms with E-state index in [1.165, 1.54) is 32.1 Å². The molecule has 0 spiro atoms. The van der Waals surface area contributed by atoms with Gasteiger partial charge in [0.15, 0.2) is 0 Å². The Hall–Kier alpha value is -1.29. The lowest BCUT2D eigenvalue weighted by atomic mass is 9.86. The maximum Gasteiger partial charge on any atom is 0.232 e. The summed E-state index contributed by atoms with van der Waals surface area (Å²) in [6, 6.07) is 3.53. The molecule has 0 bridgehead atoms. The van der Waals surface area contributed by atoms with E-state index in [0.29, 0.717) is 36.3 Å². The lowest BCUT2D eigenvalue weighted by Crippen LogP contribution is -2.56. The summed E-state index contributed by atoms with van der Waals surface area (Å²) in [5.74, 6) is 1.33. The highest BCUT2D eigenvalue weighted by atomic mass is 35.5. The molecule has 2 heterocycles. The van der Waals surface area contributed by atoms with Crippen LogP contribution in [-0.2, 0) is 4.79 Å². The van der Waals surface area contributed by atoms with Crippen molar-refractivity contribution in [2.24, 2.45) is 5.92 Å². The Morgan fingerprint density at radius 2 is 2.10 bits per heavy atom. The van der Waals surface area contributed by atoms with E-state index in [1.807, 2.05) is 4.90 Å². The maximum absolute atomic E-state index is 12.2. The van der Waals surface area contributed by atoms with Gasteiger partial charge in [-0.25, -0.2) is 4.98 Å². The molecule has 2 aliphatic rings. The van der Waals surface area contributed by atoms with E-state index in [4.69, 9.17) is 16.3 Å². The third-order valence-corrected chi connectivity index (χ3v) is 4.68. The van der Waals surface area contributed by atoms with Gasteiger partial charge in [0.2, 0.25) is 11.8 Å². The minimum absolute atomic E-state index is 0.0210. The number of carbonyl (C=O) groups is 1. The molecule has 1 aromatic heterocycles. The van der Waals surface area contributed by atoms with Gasteiger partial charge in [0.25, 0.3) is 0 Å². The number of nitrogens with zero attached hydrogens (tertiary/aromatic N) is 2. The summed E-state index contributed by atoms with van der Waals surface area (Å²) < 4.78 is 5.71. The van der Waals surface area contributed by atoms with E-state index in [-0.39, 0.29) is 12.0 Å². The molecule has 3 rings (SSSR count). The van der Waals surface area contributed by atoms with E-state index in [9.17, 15) is 4.79 Å². The SMILES string of the molecule is O=C(CC1CCCCC1)N1CC(Oc2ncccc2Cl)C1. The molecule has 21 heavy (non-hydrogen) atoms. The van der Waals surface area contributed by atoms with Gasteiger partial charge in [0, 0.05) is 12.6 Å². The Balaban J connectivity index is 1.43. The van der Waals surface area contributed by atoms with Crippen molar-refractivity contribution in [2.75, 3.05) is 13.1 Å². The van der Waals surface area contributed by atoms with Crippen molar-refractivity contribution in [3.8, 4) is 5.88 Å². The summed E-state index contributed by atoms with van der Waals surface area (Å²) in [7, 11) is 0. The van der Waals surface area contributed by atoms with Crippen molar-refractivity contribution in [1.82, 2.24) is 9.88 Å². The van der Waals surface area contributed by atoms with Gasteiger partial charge in [-0.15, -0.1) is 0 Å². The highest BCUT2D eigenvalue weighted by molar-refractivity contribution is 6.31. The summed E-state index contributed by atoms with van der Waals surface area (Å²) in [5.41, 5.74) is 0. The minimum atomic E-state index is 0.0210. The number of carbonyl (C=O) groups excluding carboxylic acids is 1. The summed E-state index contributed by atoms with van der Waals surface area (Å²) >= 11 is 6.01. The zero-order valence-electron chi connectivity index (χ0n) is 12.1. The molecule has 4 nitrogen and oxygen atoms in total. The molecule has 1 saturated heterocycles. The number of aromatic nitrogens is 1. The number of halogens is 1. The van der Waals surface area contributed by atoms with Crippen molar-refractivity contribution >= 4 is 17.5 Å². The van der Waals surface area contributed by atoms with Crippen LogP contribution >= 0.6 is 11.6 Å². The minimum Gasteiger partial charge on any atom is -0.470 e. The van der Waals surface area contributed by atoms with Gasteiger partial charge in [0.1, 0.15) is 11.1 Å². The topological polar surface area (TPSA) is 42.4 Å². The van der Waals surface area contributed by atoms with Gasteiger partial charge < -0.3 is 9.64 Å². The first-order chi connectivity index (χ1) is 10.2. The van der Waals surface area contributed by atoms with E-state index in [1.54, 1.807) is 18.3 Å². The number of amides is 1. The number of hydrogen-bond acceptors (Lipinski definition) is 3. The number of likely N-dealkylation sites (tertiary alicyclic amines) is 1. The lowest BCUT2D eigenvalue weighted by molar-refractivity contribution is -0.141. The Bertz CT molecular complexity index is 497. The normalized spacial score (nSPS) is 20.1. The van der Waals surface area contributed by atoms with Crippen LogP contribution < -0.4 is 4.74 Å².